The van der Waals surface area contributed by atoms with Gasteiger partial charge in [0.1, 0.15) is 7.05 Å². The predicted octanol–water partition coefficient (Wildman–Crippen LogP) is 4.23. The van der Waals surface area contributed by atoms with E-state index in [0.717, 1.165) is 6.07 Å². The van der Waals surface area contributed by atoms with Crippen LogP contribution in [-0.4, -0.2) is 0 Å². The molecule has 2 rings (SSSR count). The van der Waals surface area contributed by atoms with Crippen molar-refractivity contribution >= 4 is 0 Å². The number of nitrogens with zero attached hydrogens (tertiary/aromatic N) is 1. The summed E-state index contributed by atoms with van der Waals surface area (Å²) in [7, 11) is 1.49. The molecule has 0 saturated heterocycles. The van der Waals surface area contributed by atoms with Gasteiger partial charge in [0.25, 0.3) is 0 Å². The molecule has 19 heavy (non-hydrogen) atoms. The molecule has 0 aliphatic rings. The summed E-state index contributed by atoms with van der Waals surface area (Å²) in [6, 6.07) is 4.91. The molecule has 0 aliphatic heterocycles. The summed E-state index contributed by atoms with van der Waals surface area (Å²) in [4.78, 5) is 0. The van der Waals surface area contributed by atoms with Gasteiger partial charge < -0.3 is 0 Å². The highest BCUT2D eigenvalue weighted by Gasteiger charge is 2.16. The van der Waals surface area contributed by atoms with E-state index in [0.29, 0.717) is 11.1 Å². The van der Waals surface area contributed by atoms with Crippen molar-refractivity contribution in [2.24, 2.45) is 7.05 Å². The van der Waals surface area contributed by atoms with E-state index in [1.54, 1.807) is 6.92 Å². The first kappa shape index (κ1) is 4.73. The Morgan fingerprint density at radius 1 is 1.16 bits per heavy atom. The Bertz CT molecular complexity index is 996. The zero-order chi connectivity index (χ0) is 25.1. The van der Waals surface area contributed by atoms with Crippen molar-refractivity contribution in [3.05, 3.63) is 52.7 Å². The van der Waals surface area contributed by atoms with Crippen molar-refractivity contribution in [1.82, 2.24) is 0 Å². The third-order valence-corrected chi connectivity index (χ3v) is 3.01. The van der Waals surface area contributed by atoms with Crippen LogP contribution < -0.4 is 4.57 Å². The zero-order valence-electron chi connectivity index (χ0n) is 23.8. The number of hydrogen-bond acceptors (Lipinski definition) is 0. The molecule has 0 bridgehead atoms. The van der Waals surface area contributed by atoms with Crippen LogP contribution in [0, 0.1) is 20.6 Å². The molecule has 0 radical (unpaired) electrons. The normalized spacial score (nSPS) is 24.4. The molecule has 0 N–H and O–H groups in total. The molecular formula is C18H24N+. The van der Waals surface area contributed by atoms with Crippen LogP contribution in [0.5, 0.6) is 0 Å². The van der Waals surface area contributed by atoms with Gasteiger partial charge in [-0.3, -0.25) is 0 Å². The Labute approximate surface area is 135 Å². The van der Waals surface area contributed by atoms with E-state index in [9.17, 15) is 0 Å². The van der Waals surface area contributed by atoms with E-state index in [-0.39, 0.29) is 22.4 Å². The summed E-state index contributed by atoms with van der Waals surface area (Å²) in [5, 5.41) is 0. The number of hydrogen-bond donors (Lipinski definition) is 0. The van der Waals surface area contributed by atoms with Crippen LogP contribution in [-0.2, 0) is 7.05 Å². The topological polar surface area (TPSA) is 3.88 Å². The maximum atomic E-state index is 8.33. The van der Waals surface area contributed by atoms with E-state index in [4.69, 9.17) is 17.8 Å². The van der Waals surface area contributed by atoms with E-state index in [1.807, 2.05) is 0 Å². The standard InChI is InChI=1S/C18H24N/c1-12(2)16-7-8-17(14(4)10-16)18-15(5)9-13(3)11-19(18)6/h7-12H,1-6H3/q+1/i1D3,2D3,3D3,5D3,12D. The zero-order valence-corrected chi connectivity index (χ0v) is 10.8. The monoisotopic (exact) mass is 267 g/mol. The van der Waals surface area contributed by atoms with Gasteiger partial charge in [-0.05, 0) is 49.8 Å². The van der Waals surface area contributed by atoms with Crippen molar-refractivity contribution in [2.75, 3.05) is 0 Å². The molecule has 1 heteroatoms. The molecule has 1 heterocycles. The van der Waals surface area contributed by atoms with Crippen LogP contribution in [0.1, 0.15) is 59.7 Å². The predicted molar refractivity (Wildman–Crippen MR) is 81.4 cm³/mol. The summed E-state index contributed by atoms with van der Waals surface area (Å²) in [5.41, 5.74) is 0.247. The molecule has 100 valence electrons. The fourth-order valence-electron chi connectivity index (χ4n) is 2.14. The van der Waals surface area contributed by atoms with Crippen LogP contribution in [0.25, 0.3) is 11.3 Å². The second kappa shape index (κ2) is 5.16. The van der Waals surface area contributed by atoms with Crippen LogP contribution in [0.15, 0.2) is 30.5 Å². The number of pyridine rings is 1. The van der Waals surface area contributed by atoms with E-state index in [1.165, 1.54) is 36.0 Å². The third kappa shape index (κ3) is 2.70. The second-order valence-corrected chi connectivity index (χ2v) is 4.51. The Kier molecular flexibility index (Phi) is 1.29. The average molecular weight is 267 g/mol. The number of benzene rings is 1. The van der Waals surface area contributed by atoms with Crippen molar-refractivity contribution in [3.8, 4) is 11.3 Å². The number of aryl methyl sites for hydroxylation is 4. The quantitative estimate of drug-likeness (QED) is 0.717. The smallest absolute Gasteiger partial charge is 0.201 e. The number of rotatable bonds is 2. The lowest BCUT2D eigenvalue weighted by atomic mass is 9.94. The van der Waals surface area contributed by atoms with Gasteiger partial charge in [-0.15, -0.1) is 0 Å². The van der Waals surface area contributed by atoms with Gasteiger partial charge in [0.15, 0.2) is 6.20 Å². The Morgan fingerprint density at radius 2 is 2.00 bits per heavy atom. The first-order valence-electron chi connectivity index (χ1n) is 12.3. The van der Waals surface area contributed by atoms with Gasteiger partial charge in [0.2, 0.25) is 5.69 Å². The minimum atomic E-state index is -3.15. The number of aromatic nitrogens is 1. The lowest BCUT2D eigenvalue weighted by molar-refractivity contribution is -0.661. The largest absolute Gasteiger partial charge is 0.215 e. The summed E-state index contributed by atoms with van der Waals surface area (Å²) in [6.07, 6.45) is 1.30. The molecular weight excluding hydrogens is 230 g/mol. The molecule has 0 spiro atoms. The summed E-state index contributed by atoms with van der Waals surface area (Å²) in [6.45, 7) is -9.95. The molecule has 0 aliphatic carbocycles. The van der Waals surface area contributed by atoms with Gasteiger partial charge in [0.05, 0.1) is 0 Å². The summed E-state index contributed by atoms with van der Waals surface area (Å²) in [5.74, 6) is -2.89. The van der Waals surface area contributed by atoms with Gasteiger partial charge >= 0.3 is 0 Å². The minimum absolute atomic E-state index is 0.154. The maximum Gasteiger partial charge on any atom is 0.215 e. The molecule has 1 aromatic heterocycles. The second-order valence-electron chi connectivity index (χ2n) is 4.51. The maximum absolute atomic E-state index is 8.33. The van der Waals surface area contributed by atoms with Crippen LogP contribution in [0.3, 0.4) is 0 Å². The average Bonchev–Trinajstić information content (AvgIpc) is 2.57. The van der Waals surface area contributed by atoms with Gasteiger partial charge in [-0.1, -0.05) is 25.8 Å². The van der Waals surface area contributed by atoms with Crippen molar-refractivity contribution < 1.29 is 22.4 Å². The van der Waals surface area contributed by atoms with E-state index >= 15 is 0 Å². The third-order valence-electron chi connectivity index (χ3n) is 3.01. The molecule has 1 nitrogen and oxygen atoms in total. The van der Waals surface area contributed by atoms with Crippen LogP contribution >= 0.6 is 0 Å². The summed E-state index contributed by atoms with van der Waals surface area (Å²) < 4.78 is 102. The van der Waals surface area contributed by atoms with Crippen molar-refractivity contribution in [2.45, 2.75) is 40.2 Å². The highest BCUT2D eigenvalue weighted by Crippen LogP contribution is 2.26. The fourth-order valence-corrected chi connectivity index (χ4v) is 2.14. The van der Waals surface area contributed by atoms with E-state index in [2.05, 4.69) is 0 Å². The molecule has 0 fully saturated rings. The molecule has 0 unspecified atom stereocenters. The first-order valence-corrected chi connectivity index (χ1v) is 5.78. The van der Waals surface area contributed by atoms with E-state index < -0.39 is 33.3 Å². The highest BCUT2D eigenvalue weighted by molar-refractivity contribution is 5.64. The van der Waals surface area contributed by atoms with Gasteiger partial charge in [0, 0.05) is 34.5 Å². The summed E-state index contributed by atoms with van der Waals surface area (Å²) >= 11 is 0. The van der Waals surface area contributed by atoms with Gasteiger partial charge in [-0.25, -0.2) is 4.57 Å². The Morgan fingerprint density at radius 3 is 2.63 bits per heavy atom. The molecule has 0 atom stereocenters. The molecule has 0 amide bonds. The van der Waals surface area contributed by atoms with Crippen molar-refractivity contribution in [3.63, 3.8) is 0 Å². The van der Waals surface area contributed by atoms with Crippen molar-refractivity contribution in [1.29, 1.82) is 0 Å². The SMILES string of the molecule is [2H]C([2H])([2H])c1cc(C([2H])([2H])[2H])c(-c2ccc(C([2H])(C([2H])([2H])[2H])C([2H])([2H])[2H])cc2C)[n+](C)c1. The first-order chi connectivity index (χ1) is 14.1. The minimum Gasteiger partial charge on any atom is -0.201 e. The molecule has 1 aromatic carbocycles. The molecule has 0 saturated carbocycles. The molecule has 2 aromatic rings. The lowest BCUT2D eigenvalue weighted by Gasteiger charge is -2.11. The Hall–Kier alpha value is -1.63. The van der Waals surface area contributed by atoms with Crippen LogP contribution in [0.2, 0.25) is 0 Å². The lowest BCUT2D eigenvalue weighted by Crippen LogP contribution is -2.32. The Balaban J connectivity index is 2.82. The van der Waals surface area contributed by atoms with Crippen LogP contribution in [0.4, 0.5) is 0 Å². The highest BCUT2D eigenvalue weighted by atomic mass is 14.9. The van der Waals surface area contributed by atoms with Gasteiger partial charge in [-0.2, -0.15) is 0 Å². The fraction of sp³-hybridized carbons (Fsp3) is 0.389.